The molecule has 0 saturated carbocycles. The maximum absolute atomic E-state index is 14.8. The van der Waals surface area contributed by atoms with Crippen LogP contribution in [-0.4, -0.2) is 36.5 Å². The quantitative estimate of drug-likeness (QED) is 0.137. The minimum Gasteiger partial charge on any atom is -0.324 e. The SMILES string of the molecule is CC(CP(=O)(CCc1ccccc1)CCc1ccccc1)P(=O)(CCc1ccccc1)CCc1ccccc1. The van der Waals surface area contributed by atoms with Gasteiger partial charge in [0, 0.05) is 36.5 Å². The standard InChI is InChI=1S/C35H42O2P2/c1-31(39(37,28-24-34-18-10-4-11-19-34)29-25-35-20-12-5-13-21-35)30-38(36,26-22-32-14-6-2-7-15-32)27-23-33-16-8-3-9-17-33/h2-21,31H,22-30H2,1H3. The van der Waals surface area contributed by atoms with E-state index in [0.29, 0.717) is 30.8 Å². The molecule has 0 spiro atoms. The predicted molar refractivity (Wildman–Crippen MR) is 170 cm³/mol. The molecule has 0 radical (unpaired) electrons. The van der Waals surface area contributed by atoms with Gasteiger partial charge in [0.25, 0.3) is 0 Å². The Hall–Kier alpha value is -2.66. The van der Waals surface area contributed by atoms with Gasteiger partial charge in [-0.25, -0.2) is 0 Å². The van der Waals surface area contributed by atoms with Gasteiger partial charge in [-0.2, -0.15) is 0 Å². The summed E-state index contributed by atoms with van der Waals surface area (Å²) < 4.78 is 29.4. The van der Waals surface area contributed by atoms with Crippen LogP contribution in [0.1, 0.15) is 29.2 Å². The number of hydrogen-bond acceptors (Lipinski definition) is 2. The molecule has 0 aliphatic rings. The molecule has 1 unspecified atom stereocenters. The van der Waals surface area contributed by atoms with Crippen molar-refractivity contribution in [3.63, 3.8) is 0 Å². The molecule has 0 aromatic heterocycles. The third-order valence-corrected chi connectivity index (χ3v) is 15.3. The van der Waals surface area contributed by atoms with Gasteiger partial charge in [-0.15, -0.1) is 0 Å². The Morgan fingerprint density at radius 1 is 0.462 bits per heavy atom. The average molecular weight is 557 g/mol. The highest BCUT2D eigenvalue weighted by atomic mass is 31.2. The maximum Gasteiger partial charge on any atom is 0.0915 e. The molecule has 0 saturated heterocycles. The van der Waals surface area contributed by atoms with Gasteiger partial charge in [-0.05, 0) is 47.9 Å². The minimum atomic E-state index is -2.60. The van der Waals surface area contributed by atoms with Crippen molar-refractivity contribution < 1.29 is 9.13 Å². The van der Waals surface area contributed by atoms with E-state index in [9.17, 15) is 9.13 Å². The Morgan fingerprint density at radius 3 is 1.05 bits per heavy atom. The number of rotatable bonds is 15. The molecule has 0 heterocycles. The van der Waals surface area contributed by atoms with Crippen LogP contribution < -0.4 is 0 Å². The second-order valence-electron chi connectivity index (χ2n) is 10.9. The second-order valence-corrected chi connectivity index (χ2v) is 17.9. The van der Waals surface area contributed by atoms with Gasteiger partial charge in [0.05, 0.1) is 14.3 Å². The summed E-state index contributed by atoms with van der Waals surface area (Å²) in [5, 5.41) is 0. The first-order chi connectivity index (χ1) is 18.9. The van der Waals surface area contributed by atoms with E-state index in [1.54, 1.807) is 0 Å². The van der Waals surface area contributed by atoms with Crippen molar-refractivity contribution in [2.75, 3.05) is 30.8 Å². The van der Waals surface area contributed by atoms with Crippen molar-refractivity contribution >= 4 is 14.3 Å². The Bertz CT molecular complexity index is 1240. The van der Waals surface area contributed by atoms with Crippen LogP contribution in [0.3, 0.4) is 0 Å². The number of hydrogen-bond donors (Lipinski definition) is 0. The fraction of sp³-hybridized carbons (Fsp3) is 0.314. The van der Waals surface area contributed by atoms with Crippen LogP contribution in [0.2, 0.25) is 0 Å². The highest BCUT2D eigenvalue weighted by Gasteiger charge is 2.35. The van der Waals surface area contributed by atoms with E-state index in [1.165, 1.54) is 22.3 Å². The largest absolute Gasteiger partial charge is 0.324 e. The van der Waals surface area contributed by atoms with Crippen LogP contribution in [0.25, 0.3) is 0 Å². The van der Waals surface area contributed by atoms with Crippen LogP contribution in [0.15, 0.2) is 121 Å². The molecule has 0 N–H and O–H groups in total. The van der Waals surface area contributed by atoms with Gasteiger partial charge >= 0.3 is 0 Å². The molecular weight excluding hydrogens is 514 g/mol. The lowest BCUT2D eigenvalue weighted by Crippen LogP contribution is -2.19. The summed E-state index contributed by atoms with van der Waals surface area (Å²) in [5.74, 6) is 0. The third-order valence-electron chi connectivity index (χ3n) is 7.95. The molecule has 204 valence electrons. The van der Waals surface area contributed by atoms with Crippen LogP contribution in [-0.2, 0) is 34.8 Å². The molecule has 4 rings (SSSR count). The van der Waals surface area contributed by atoms with Crippen molar-refractivity contribution in [1.82, 2.24) is 0 Å². The van der Waals surface area contributed by atoms with E-state index in [2.05, 4.69) is 79.7 Å². The zero-order valence-electron chi connectivity index (χ0n) is 23.2. The lowest BCUT2D eigenvalue weighted by Gasteiger charge is -2.29. The summed E-state index contributed by atoms with van der Waals surface area (Å²) in [4.78, 5) is 0. The lowest BCUT2D eigenvalue weighted by atomic mass is 10.2. The van der Waals surface area contributed by atoms with Crippen molar-refractivity contribution in [1.29, 1.82) is 0 Å². The van der Waals surface area contributed by atoms with E-state index in [4.69, 9.17) is 0 Å². The number of aryl methyl sites for hydroxylation is 4. The van der Waals surface area contributed by atoms with Crippen LogP contribution in [0.4, 0.5) is 0 Å². The van der Waals surface area contributed by atoms with E-state index >= 15 is 0 Å². The van der Waals surface area contributed by atoms with Gasteiger partial charge in [0.1, 0.15) is 0 Å². The Balaban J connectivity index is 1.52. The highest BCUT2D eigenvalue weighted by Crippen LogP contribution is 2.58. The molecule has 4 aromatic rings. The molecular formula is C35H42O2P2. The smallest absolute Gasteiger partial charge is 0.0915 e. The summed E-state index contributed by atoms with van der Waals surface area (Å²) in [6, 6.07) is 41.5. The van der Waals surface area contributed by atoms with Gasteiger partial charge in [-0.3, -0.25) is 0 Å². The Morgan fingerprint density at radius 2 is 0.744 bits per heavy atom. The van der Waals surface area contributed by atoms with Gasteiger partial charge in [0.2, 0.25) is 0 Å². The summed E-state index contributed by atoms with van der Waals surface area (Å²) in [6.45, 7) is 2.12. The molecule has 1 atom stereocenters. The van der Waals surface area contributed by atoms with Gasteiger partial charge < -0.3 is 9.13 Å². The van der Waals surface area contributed by atoms with Crippen LogP contribution in [0.5, 0.6) is 0 Å². The molecule has 0 aliphatic heterocycles. The zero-order valence-corrected chi connectivity index (χ0v) is 25.0. The topological polar surface area (TPSA) is 34.1 Å². The fourth-order valence-electron chi connectivity index (χ4n) is 5.36. The molecule has 0 amide bonds. The van der Waals surface area contributed by atoms with Gasteiger partial charge in [0.15, 0.2) is 0 Å². The van der Waals surface area contributed by atoms with Crippen molar-refractivity contribution in [3.8, 4) is 0 Å². The molecule has 4 heteroatoms. The normalized spacial score (nSPS) is 12.7. The van der Waals surface area contributed by atoms with E-state index in [0.717, 1.165) is 25.7 Å². The first-order valence-corrected chi connectivity index (χ1v) is 18.7. The monoisotopic (exact) mass is 556 g/mol. The molecule has 0 aliphatic carbocycles. The zero-order chi connectivity index (χ0) is 27.4. The van der Waals surface area contributed by atoms with Crippen LogP contribution >= 0.6 is 14.3 Å². The molecule has 4 aromatic carbocycles. The summed E-state index contributed by atoms with van der Waals surface area (Å²) in [7, 11) is -5.17. The van der Waals surface area contributed by atoms with Gasteiger partial charge in [-0.1, -0.05) is 128 Å². The minimum absolute atomic E-state index is 0.0673. The van der Waals surface area contributed by atoms with E-state index < -0.39 is 14.3 Å². The molecule has 2 nitrogen and oxygen atoms in total. The summed E-state index contributed by atoms with van der Waals surface area (Å²) in [6.07, 6.45) is 6.45. The summed E-state index contributed by atoms with van der Waals surface area (Å²) in [5.41, 5.74) is 4.83. The Labute approximate surface area is 235 Å². The fourth-order valence-corrected chi connectivity index (χ4v) is 12.7. The number of benzene rings is 4. The van der Waals surface area contributed by atoms with Crippen LogP contribution in [0, 0.1) is 0 Å². The van der Waals surface area contributed by atoms with Crippen molar-refractivity contribution in [3.05, 3.63) is 144 Å². The first-order valence-electron chi connectivity index (χ1n) is 14.2. The molecule has 39 heavy (non-hydrogen) atoms. The van der Waals surface area contributed by atoms with Crippen molar-refractivity contribution in [2.45, 2.75) is 38.3 Å². The third kappa shape index (κ3) is 9.49. The van der Waals surface area contributed by atoms with E-state index in [1.807, 2.05) is 48.5 Å². The molecule has 0 bridgehead atoms. The summed E-state index contributed by atoms with van der Waals surface area (Å²) >= 11 is 0. The average Bonchev–Trinajstić information content (AvgIpc) is 2.99. The van der Waals surface area contributed by atoms with Crippen molar-refractivity contribution in [2.24, 2.45) is 0 Å². The van der Waals surface area contributed by atoms with E-state index in [-0.39, 0.29) is 5.66 Å². The molecule has 0 fully saturated rings. The maximum atomic E-state index is 14.8. The highest BCUT2D eigenvalue weighted by molar-refractivity contribution is 7.68. The second kappa shape index (κ2) is 14.6. The Kier molecular flexibility index (Phi) is 11.0. The lowest BCUT2D eigenvalue weighted by molar-refractivity contribution is 0.559. The first kappa shape index (κ1) is 29.3. The predicted octanol–water partition coefficient (Wildman–Crippen LogP) is 9.07.